The smallest absolute Gasteiger partial charge is 0.267 e. The fraction of sp³-hybridized carbons (Fsp3) is 0.250. The Bertz CT molecular complexity index is 970. The molecule has 0 radical (unpaired) electrons. The molecular formula is C20H20N4O2S2. The zero-order chi connectivity index (χ0) is 19.5. The minimum atomic E-state index is -0.127. The number of benzene rings is 1. The number of hydrogen-bond donors (Lipinski definition) is 1. The minimum Gasteiger partial charge on any atom is -0.314 e. The molecule has 0 bridgehead atoms. The van der Waals surface area contributed by atoms with Crippen LogP contribution >= 0.6 is 22.7 Å². The molecule has 3 heterocycles. The summed E-state index contributed by atoms with van der Waals surface area (Å²) in [6.45, 7) is 1.82. The van der Waals surface area contributed by atoms with Gasteiger partial charge in [-0.2, -0.15) is 0 Å². The zero-order valence-corrected chi connectivity index (χ0v) is 17.1. The van der Waals surface area contributed by atoms with Crippen LogP contribution in [0.3, 0.4) is 0 Å². The second-order valence-electron chi connectivity index (χ2n) is 6.57. The van der Waals surface area contributed by atoms with E-state index < -0.39 is 0 Å². The minimum absolute atomic E-state index is 0.0605. The topological polar surface area (TPSA) is 65.5 Å². The molecule has 1 aliphatic heterocycles. The van der Waals surface area contributed by atoms with Crippen LogP contribution in [-0.4, -0.2) is 41.8 Å². The van der Waals surface area contributed by atoms with E-state index in [4.69, 9.17) is 0 Å². The maximum absolute atomic E-state index is 12.6. The first-order chi connectivity index (χ1) is 13.6. The molecule has 2 aromatic heterocycles. The summed E-state index contributed by atoms with van der Waals surface area (Å²) in [7, 11) is 1.80. The summed E-state index contributed by atoms with van der Waals surface area (Å²) in [5.74, 6) is -0.0667. The number of hydrogen-bond acceptors (Lipinski definition) is 6. The van der Waals surface area contributed by atoms with Crippen molar-refractivity contribution in [1.82, 2.24) is 9.88 Å². The number of amides is 2. The van der Waals surface area contributed by atoms with Gasteiger partial charge in [0.05, 0.1) is 17.1 Å². The fourth-order valence-electron chi connectivity index (χ4n) is 3.10. The average Bonchev–Trinajstić information content (AvgIpc) is 3.37. The number of anilines is 2. The Morgan fingerprint density at radius 1 is 1.21 bits per heavy atom. The molecule has 0 aliphatic carbocycles. The van der Waals surface area contributed by atoms with E-state index in [9.17, 15) is 9.59 Å². The van der Waals surface area contributed by atoms with Crippen LogP contribution in [0.1, 0.15) is 20.2 Å². The van der Waals surface area contributed by atoms with Crippen LogP contribution in [0.4, 0.5) is 10.8 Å². The van der Waals surface area contributed by atoms with E-state index >= 15 is 0 Å². The Balaban J connectivity index is 1.37. The molecule has 28 heavy (non-hydrogen) atoms. The number of aromatic nitrogens is 1. The first kappa shape index (κ1) is 18.8. The van der Waals surface area contributed by atoms with E-state index in [-0.39, 0.29) is 11.8 Å². The Morgan fingerprint density at radius 2 is 2.04 bits per heavy atom. The number of nitrogens with one attached hydrogen (secondary N) is 1. The molecule has 2 amide bonds. The van der Waals surface area contributed by atoms with Gasteiger partial charge in [0.25, 0.3) is 5.91 Å². The van der Waals surface area contributed by atoms with Gasteiger partial charge in [-0.25, -0.2) is 4.98 Å². The molecular weight excluding hydrogens is 392 g/mol. The number of para-hydroxylation sites is 1. The first-order valence-electron chi connectivity index (χ1n) is 8.97. The van der Waals surface area contributed by atoms with Crippen LogP contribution in [-0.2, 0) is 17.8 Å². The highest BCUT2D eigenvalue weighted by Crippen LogP contribution is 2.29. The lowest BCUT2D eigenvalue weighted by molar-refractivity contribution is -0.119. The second-order valence-corrected chi connectivity index (χ2v) is 8.60. The van der Waals surface area contributed by atoms with Gasteiger partial charge in [0.15, 0.2) is 5.13 Å². The summed E-state index contributed by atoms with van der Waals surface area (Å²) in [6.07, 6.45) is 0.781. The highest BCUT2D eigenvalue weighted by Gasteiger charge is 2.24. The Hall–Kier alpha value is -2.55. The van der Waals surface area contributed by atoms with Gasteiger partial charge in [0.1, 0.15) is 0 Å². The number of nitrogens with zero attached hydrogens (tertiary/aromatic N) is 3. The SMILES string of the molecule is CN(C(=O)CN1CCc2nc(NC(=O)c3cccs3)sc2C1)c1ccccc1. The van der Waals surface area contributed by atoms with Gasteiger partial charge < -0.3 is 4.90 Å². The maximum atomic E-state index is 12.6. The van der Waals surface area contributed by atoms with Gasteiger partial charge in [0, 0.05) is 37.1 Å². The van der Waals surface area contributed by atoms with Crippen molar-refractivity contribution >= 4 is 45.3 Å². The normalized spacial score (nSPS) is 13.8. The van der Waals surface area contributed by atoms with Crippen molar-refractivity contribution < 1.29 is 9.59 Å². The van der Waals surface area contributed by atoms with Gasteiger partial charge in [0.2, 0.25) is 5.91 Å². The van der Waals surface area contributed by atoms with Crippen molar-refractivity contribution in [1.29, 1.82) is 0 Å². The lowest BCUT2D eigenvalue weighted by Crippen LogP contribution is -2.40. The van der Waals surface area contributed by atoms with Gasteiger partial charge >= 0.3 is 0 Å². The Kier molecular flexibility index (Phi) is 5.52. The van der Waals surface area contributed by atoms with Gasteiger partial charge in [-0.3, -0.25) is 19.8 Å². The van der Waals surface area contributed by atoms with Gasteiger partial charge in [-0.15, -0.1) is 22.7 Å². The zero-order valence-electron chi connectivity index (χ0n) is 15.4. The third-order valence-corrected chi connectivity index (χ3v) is 6.52. The summed E-state index contributed by atoms with van der Waals surface area (Å²) >= 11 is 2.90. The van der Waals surface area contributed by atoms with Crippen molar-refractivity contribution in [3.05, 3.63) is 63.3 Å². The highest BCUT2D eigenvalue weighted by atomic mass is 32.1. The molecule has 3 aromatic rings. The number of rotatable bonds is 5. The molecule has 1 N–H and O–H groups in total. The standard InChI is InChI=1S/C20H20N4O2S2/c1-23(14-6-3-2-4-7-14)18(25)13-24-10-9-15-17(12-24)28-20(21-15)22-19(26)16-8-5-11-27-16/h2-8,11H,9-10,12-13H2,1H3,(H,21,22,26). The Labute approximate surface area is 171 Å². The van der Waals surface area contributed by atoms with Gasteiger partial charge in [-0.1, -0.05) is 24.3 Å². The van der Waals surface area contributed by atoms with Crippen molar-refractivity contribution in [3.8, 4) is 0 Å². The van der Waals surface area contributed by atoms with Crippen molar-refractivity contribution in [2.45, 2.75) is 13.0 Å². The summed E-state index contributed by atoms with van der Waals surface area (Å²) in [6, 6.07) is 13.3. The third-order valence-electron chi connectivity index (χ3n) is 4.65. The third kappa shape index (κ3) is 4.14. The quantitative estimate of drug-likeness (QED) is 0.697. The second kappa shape index (κ2) is 8.22. The molecule has 0 spiro atoms. The Morgan fingerprint density at radius 3 is 2.79 bits per heavy atom. The van der Waals surface area contributed by atoms with E-state index in [1.807, 2.05) is 41.8 Å². The van der Waals surface area contributed by atoms with Crippen LogP contribution in [0.5, 0.6) is 0 Å². The largest absolute Gasteiger partial charge is 0.314 e. The number of likely N-dealkylation sites (N-methyl/N-ethyl adjacent to an activating group) is 1. The van der Waals surface area contributed by atoms with E-state index in [0.29, 0.717) is 23.1 Å². The van der Waals surface area contributed by atoms with Crippen LogP contribution in [0.2, 0.25) is 0 Å². The number of fused-ring (bicyclic) bond motifs is 1. The summed E-state index contributed by atoms with van der Waals surface area (Å²) < 4.78 is 0. The maximum Gasteiger partial charge on any atom is 0.267 e. The number of thiophene rings is 1. The molecule has 0 unspecified atom stereocenters. The van der Waals surface area contributed by atoms with Crippen LogP contribution in [0, 0.1) is 0 Å². The predicted octanol–water partition coefficient (Wildman–Crippen LogP) is 3.48. The monoisotopic (exact) mass is 412 g/mol. The fourth-order valence-corrected chi connectivity index (χ4v) is 4.76. The average molecular weight is 413 g/mol. The summed E-state index contributed by atoms with van der Waals surface area (Å²) in [5, 5.41) is 5.38. The van der Waals surface area contributed by atoms with E-state index in [2.05, 4.69) is 15.2 Å². The predicted molar refractivity (Wildman–Crippen MR) is 113 cm³/mol. The molecule has 8 heteroatoms. The van der Waals surface area contributed by atoms with Gasteiger partial charge in [-0.05, 0) is 23.6 Å². The first-order valence-corrected chi connectivity index (χ1v) is 10.7. The molecule has 0 fully saturated rings. The molecule has 1 aromatic carbocycles. The molecule has 4 rings (SSSR count). The molecule has 144 valence electrons. The van der Waals surface area contributed by atoms with Crippen LogP contribution < -0.4 is 10.2 Å². The van der Waals surface area contributed by atoms with Crippen molar-refractivity contribution in [2.24, 2.45) is 0 Å². The van der Waals surface area contributed by atoms with Crippen molar-refractivity contribution in [2.75, 3.05) is 30.4 Å². The van der Waals surface area contributed by atoms with Crippen LogP contribution in [0.25, 0.3) is 0 Å². The number of carbonyl (C=O) groups excluding carboxylic acids is 2. The summed E-state index contributed by atoms with van der Waals surface area (Å²) in [5.41, 5.74) is 1.91. The molecule has 0 saturated carbocycles. The summed E-state index contributed by atoms with van der Waals surface area (Å²) in [4.78, 5) is 35.0. The number of thiazole rings is 1. The molecule has 0 atom stereocenters. The van der Waals surface area contributed by atoms with Crippen LogP contribution in [0.15, 0.2) is 47.8 Å². The molecule has 1 aliphatic rings. The van der Waals surface area contributed by atoms with E-state index in [1.54, 1.807) is 18.0 Å². The van der Waals surface area contributed by atoms with Crippen molar-refractivity contribution in [3.63, 3.8) is 0 Å². The van der Waals surface area contributed by atoms with E-state index in [1.165, 1.54) is 22.7 Å². The molecule has 0 saturated heterocycles. The van der Waals surface area contributed by atoms with E-state index in [0.717, 1.165) is 29.2 Å². The highest BCUT2D eigenvalue weighted by molar-refractivity contribution is 7.16. The number of carbonyl (C=O) groups is 2. The lowest BCUT2D eigenvalue weighted by Gasteiger charge is -2.27. The molecule has 6 nitrogen and oxygen atoms in total. The lowest BCUT2D eigenvalue weighted by atomic mass is 10.2.